The molecule has 0 N–H and O–H groups in total. The average Bonchev–Trinajstić information content (AvgIpc) is 2.83. The Bertz CT molecular complexity index is 1190. The molecular formula is C30H29ClF2. The number of aryl methyl sites for hydroxylation is 1. The number of hydrogen-bond acceptors (Lipinski definition) is 0. The molecule has 33 heavy (non-hydrogen) atoms. The van der Waals surface area contributed by atoms with Gasteiger partial charge in [0.15, 0.2) is 0 Å². The monoisotopic (exact) mass is 462 g/mol. The SMILES string of the molecule is C=CCCC1CCC(CCc2ccc3c(F)c(C#Cc4ccc(Cl)c(F)c4)ccc3c2)CC1. The summed E-state index contributed by atoms with van der Waals surface area (Å²) in [7, 11) is 0. The third-order valence-corrected chi connectivity index (χ3v) is 7.17. The van der Waals surface area contributed by atoms with Crippen molar-refractivity contribution in [2.45, 2.75) is 51.4 Å². The number of allylic oxidation sites excluding steroid dienone is 1. The molecule has 0 unspecified atom stereocenters. The summed E-state index contributed by atoms with van der Waals surface area (Å²) in [6.07, 6.45) is 12.0. The molecule has 1 saturated carbocycles. The Labute approximate surface area is 200 Å². The van der Waals surface area contributed by atoms with Crippen LogP contribution >= 0.6 is 11.6 Å². The molecular weight excluding hydrogens is 434 g/mol. The molecule has 0 spiro atoms. The molecule has 3 aromatic carbocycles. The second kappa shape index (κ2) is 11.0. The number of fused-ring (bicyclic) bond motifs is 1. The van der Waals surface area contributed by atoms with Gasteiger partial charge in [-0.15, -0.1) is 6.58 Å². The minimum atomic E-state index is -0.532. The molecule has 1 aliphatic carbocycles. The third kappa shape index (κ3) is 6.04. The smallest absolute Gasteiger partial charge is 0.146 e. The lowest BCUT2D eigenvalue weighted by Crippen LogP contribution is -2.15. The first-order chi connectivity index (χ1) is 16.0. The average molecular weight is 463 g/mol. The van der Waals surface area contributed by atoms with Gasteiger partial charge in [-0.3, -0.25) is 0 Å². The highest BCUT2D eigenvalue weighted by atomic mass is 35.5. The highest BCUT2D eigenvalue weighted by Crippen LogP contribution is 2.34. The third-order valence-electron chi connectivity index (χ3n) is 6.87. The van der Waals surface area contributed by atoms with Crippen LogP contribution in [-0.2, 0) is 6.42 Å². The van der Waals surface area contributed by atoms with Gasteiger partial charge < -0.3 is 0 Å². The number of benzene rings is 3. The second-order valence-electron chi connectivity index (χ2n) is 9.15. The molecule has 0 radical (unpaired) electrons. The van der Waals surface area contributed by atoms with Gasteiger partial charge in [0.05, 0.1) is 10.6 Å². The Balaban J connectivity index is 1.40. The Morgan fingerprint density at radius 3 is 2.39 bits per heavy atom. The van der Waals surface area contributed by atoms with Crippen molar-refractivity contribution in [3.05, 3.63) is 94.5 Å². The van der Waals surface area contributed by atoms with E-state index in [4.69, 9.17) is 11.6 Å². The Morgan fingerprint density at radius 1 is 0.909 bits per heavy atom. The van der Waals surface area contributed by atoms with Gasteiger partial charge in [0.25, 0.3) is 0 Å². The normalized spacial score (nSPS) is 18.0. The zero-order valence-corrected chi connectivity index (χ0v) is 19.6. The lowest BCUT2D eigenvalue weighted by atomic mass is 9.78. The molecule has 3 aromatic rings. The molecule has 0 atom stereocenters. The molecule has 0 aliphatic heterocycles. The number of halogens is 3. The summed E-state index contributed by atoms with van der Waals surface area (Å²) in [6, 6.07) is 13.9. The molecule has 4 rings (SSSR count). The van der Waals surface area contributed by atoms with Crippen LogP contribution in [0.3, 0.4) is 0 Å². The highest BCUT2D eigenvalue weighted by molar-refractivity contribution is 6.30. The van der Waals surface area contributed by atoms with E-state index in [9.17, 15) is 4.39 Å². The van der Waals surface area contributed by atoms with Crippen molar-refractivity contribution in [2.24, 2.45) is 11.8 Å². The quantitative estimate of drug-likeness (QED) is 0.253. The van der Waals surface area contributed by atoms with Gasteiger partial charge in [-0.05, 0) is 72.7 Å². The van der Waals surface area contributed by atoms with Crippen LogP contribution in [-0.4, -0.2) is 0 Å². The van der Waals surface area contributed by atoms with E-state index in [1.807, 2.05) is 24.3 Å². The Hall–Kier alpha value is -2.63. The second-order valence-corrected chi connectivity index (χ2v) is 9.56. The van der Waals surface area contributed by atoms with E-state index in [0.29, 0.717) is 16.5 Å². The summed E-state index contributed by atoms with van der Waals surface area (Å²) in [5.41, 5.74) is 2.02. The van der Waals surface area contributed by atoms with Crippen molar-refractivity contribution in [1.82, 2.24) is 0 Å². The fourth-order valence-electron chi connectivity index (χ4n) is 4.84. The summed E-state index contributed by atoms with van der Waals surface area (Å²) in [5.74, 6) is 6.46. The summed E-state index contributed by atoms with van der Waals surface area (Å²) < 4.78 is 28.6. The molecule has 0 saturated heterocycles. The molecule has 1 aliphatic rings. The number of hydrogen-bond donors (Lipinski definition) is 0. The van der Waals surface area contributed by atoms with Crippen molar-refractivity contribution in [2.75, 3.05) is 0 Å². The van der Waals surface area contributed by atoms with E-state index >= 15 is 4.39 Å². The predicted octanol–water partition coefficient (Wildman–Crippen LogP) is 8.88. The van der Waals surface area contributed by atoms with E-state index in [1.54, 1.807) is 12.1 Å². The van der Waals surface area contributed by atoms with Crippen molar-refractivity contribution in [3.8, 4) is 11.8 Å². The van der Waals surface area contributed by atoms with Gasteiger partial charge in [0.2, 0.25) is 0 Å². The predicted molar refractivity (Wildman–Crippen MR) is 134 cm³/mol. The van der Waals surface area contributed by atoms with Gasteiger partial charge in [0, 0.05) is 10.9 Å². The molecule has 1 fully saturated rings. The van der Waals surface area contributed by atoms with Gasteiger partial charge in [-0.25, -0.2) is 8.78 Å². The van der Waals surface area contributed by atoms with E-state index in [0.717, 1.165) is 30.1 Å². The maximum atomic E-state index is 15.0. The van der Waals surface area contributed by atoms with Crippen molar-refractivity contribution >= 4 is 22.4 Å². The lowest BCUT2D eigenvalue weighted by Gasteiger charge is -2.28. The summed E-state index contributed by atoms with van der Waals surface area (Å²) in [4.78, 5) is 0. The van der Waals surface area contributed by atoms with Crippen molar-refractivity contribution in [1.29, 1.82) is 0 Å². The minimum absolute atomic E-state index is 0.0458. The molecule has 0 aromatic heterocycles. The van der Waals surface area contributed by atoms with E-state index in [2.05, 4.69) is 24.5 Å². The van der Waals surface area contributed by atoms with Crippen LogP contribution in [0.4, 0.5) is 8.78 Å². The van der Waals surface area contributed by atoms with Crippen LogP contribution in [0.25, 0.3) is 10.8 Å². The maximum absolute atomic E-state index is 15.0. The number of rotatable bonds is 6. The first-order valence-electron chi connectivity index (χ1n) is 11.8. The Morgan fingerprint density at radius 2 is 1.67 bits per heavy atom. The van der Waals surface area contributed by atoms with E-state index < -0.39 is 5.82 Å². The topological polar surface area (TPSA) is 0 Å². The van der Waals surface area contributed by atoms with Crippen molar-refractivity contribution < 1.29 is 8.78 Å². The van der Waals surface area contributed by atoms with Crippen LogP contribution in [0.2, 0.25) is 5.02 Å². The zero-order chi connectivity index (χ0) is 23.2. The molecule has 0 bridgehead atoms. The largest absolute Gasteiger partial charge is 0.205 e. The summed E-state index contributed by atoms with van der Waals surface area (Å²) in [5, 5.41) is 1.50. The highest BCUT2D eigenvalue weighted by Gasteiger charge is 2.20. The molecule has 170 valence electrons. The van der Waals surface area contributed by atoms with Crippen LogP contribution in [0.5, 0.6) is 0 Å². The Kier molecular flexibility index (Phi) is 7.84. The van der Waals surface area contributed by atoms with Gasteiger partial charge >= 0.3 is 0 Å². The van der Waals surface area contributed by atoms with Crippen LogP contribution in [0.1, 0.15) is 61.6 Å². The summed E-state index contributed by atoms with van der Waals surface area (Å²) >= 11 is 5.70. The molecule has 3 heteroatoms. The van der Waals surface area contributed by atoms with Crippen LogP contribution in [0, 0.1) is 35.3 Å². The first-order valence-corrected chi connectivity index (χ1v) is 12.2. The fourth-order valence-corrected chi connectivity index (χ4v) is 4.96. The van der Waals surface area contributed by atoms with Gasteiger partial charge in [-0.2, -0.15) is 0 Å². The molecule has 0 nitrogen and oxygen atoms in total. The van der Waals surface area contributed by atoms with Gasteiger partial charge in [-0.1, -0.05) is 79.5 Å². The standard InChI is InChI=1S/C30H29ClF2/c1-2-3-4-21-5-7-22(8-6-21)9-10-23-12-17-27-26(19-23)16-15-25(30(27)33)14-11-24-13-18-28(31)29(32)20-24/h2,12-13,15-22H,1,3-10H2. The van der Waals surface area contributed by atoms with E-state index in [-0.39, 0.29) is 10.8 Å². The van der Waals surface area contributed by atoms with E-state index in [1.165, 1.54) is 56.2 Å². The minimum Gasteiger partial charge on any atom is -0.205 e. The van der Waals surface area contributed by atoms with Crippen LogP contribution < -0.4 is 0 Å². The molecule has 0 amide bonds. The summed E-state index contributed by atoms with van der Waals surface area (Å²) in [6.45, 7) is 3.84. The van der Waals surface area contributed by atoms with Crippen LogP contribution in [0.15, 0.2) is 61.2 Å². The first kappa shape index (κ1) is 23.5. The fraction of sp³-hybridized carbons (Fsp3) is 0.333. The lowest BCUT2D eigenvalue weighted by molar-refractivity contribution is 0.254. The van der Waals surface area contributed by atoms with Crippen molar-refractivity contribution in [3.63, 3.8) is 0 Å². The maximum Gasteiger partial charge on any atom is 0.146 e. The zero-order valence-electron chi connectivity index (χ0n) is 18.8. The molecule has 0 heterocycles. The van der Waals surface area contributed by atoms with Gasteiger partial charge in [0.1, 0.15) is 11.6 Å².